The zero-order chi connectivity index (χ0) is 22.6. The standard InChI is InChI=1S/C20H25ClF3N5O2/c1-12-9-27(11-16-8-25-18(29(12)16)19(2,31)20(22,23)24)17(30)13-3-5-15(6-4-13)28-10-14(21)7-26-28/h7-8,10,12-13,15,31H,3-6,9,11H2,1-2H3/t12-,13?,15?,19+/m0/s1. The van der Waals surface area contributed by atoms with Crippen LogP contribution in [-0.2, 0) is 16.9 Å². The second kappa shape index (κ2) is 7.81. The first-order valence-corrected chi connectivity index (χ1v) is 10.7. The van der Waals surface area contributed by atoms with E-state index < -0.39 is 23.6 Å². The molecule has 1 N–H and O–H groups in total. The van der Waals surface area contributed by atoms with E-state index in [4.69, 9.17) is 11.6 Å². The Morgan fingerprint density at radius 2 is 1.90 bits per heavy atom. The Labute approximate surface area is 182 Å². The highest BCUT2D eigenvalue weighted by Gasteiger charge is 2.55. The summed E-state index contributed by atoms with van der Waals surface area (Å²) in [7, 11) is 0. The second-order valence-electron chi connectivity index (χ2n) is 8.72. The van der Waals surface area contributed by atoms with Crippen molar-refractivity contribution in [3.63, 3.8) is 0 Å². The molecular weight excluding hydrogens is 435 g/mol. The first kappa shape index (κ1) is 22.1. The lowest BCUT2D eigenvalue weighted by molar-refractivity contribution is -0.263. The molecular formula is C20H25ClF3N5O2. The second-order valence-corrected chi connectivity index (χ2v) is 9.16. The Bertz CT molecular complexity index is 962. The predicted octanol–water partition coefficient (Wildman–Crippen LogP) is 3.84. The predicted molar refractivity (Wildman–Crippen MR) is 106 cm³/mol. The van der Waals surface area contributed by atoms with Crippen LogP contribution < -0.4 is 0 Å². The summed E-state index contributed by atoms with van der Waals surface area (Å²) in [6.45, 7) is 2.90. The third kappa shape index (κ3) is 3.95. The van der Waals surface area contributed by atoms with Crippen LogP contribution in [0.5, 0.6) is 0 Å². The molecule has 2 aromatic heterocycles. The molecule has 1 aliphatic heterocycles. The molecule has 3 heterocycles. The Kier molecular flexibility index (Phi) is 5.58. The van der Waals surface area contributed by atoms with Crippen molar-refractivity contribution < 1.29 is 23.1 Å². The van der Waals surface area contributed by atoms with Crippen LogP contribution in [0.3, 0.4) is 0 Å². The molecule has 1 aliphatic carbocycles. The monoisotopic (exact) mass is 459 g/mol. The molecule has 7 nitrogen and oxygen atoms in total. The Morgan fingerprint density at radius 1 is 1.23 bits per heavy atom. The van der Waals surface area contributed by atoms with Crippen LogP contribution in [0, 0.1) is 5.92 Å². The summed E-state index contributed by atoms with van der Waals surface area (Å²) < 4.78 is 43.2. The molecule has 0 saturated heterocycles. The molecule has 2 aromatic rings. The number of hydrogen-bond donors (Lipinski definition) is 1. The minimum Gasteiger partial charge on any atom is -0.374 e. The molecule has 31 heavy (non-hydrogen) atoms. The van der Waals surface area contributed by atoms with E-state index in [1.54, 1.807) is 24.2 Å². The SMILES string of the molecule is C[C@H]1CN(C(=O)C2CCC(n3cc(Cl)cn3)CC2)Cc2cnc([C@@](C)(O)C(F)(F)F)n21. The maximum atomic E-state index is 13.3. The molecule has 1 saturated carbocycles. The van der Waals surface area contributed by atoms with E-state index in [1.165, 1.54) is 10.8 Å². The van der Waals surface area contributed by atoms with E-state index in [1.807, 2.05) is 4.68 Å². The van der Waals surface area contributed by atoms with Gasteiger partial charge in [-0.1, -0.05) is 11.6 Å². The molecule has 0 unspecified atom stereocenters. The van der Waals surface area contributed by atoms with Crippen LogP contribution in [0.4, 0.5) is 13.2 Å². The van der Waals surface area contributed by atoms with E-state index in [9.17, 15) is 23.1 Å². The largest absolute Gasteiger partial charge is 0.424 e. The maximum absolute atomic E-state index is 13.3. The number of fused-ring (bicyclic) bond motifs is 1. The number of amides is 1. The van der Waals surface area contributed by atoms with Crippen LogP contribution in [0.25, 0.3) is 0 Å². The quantitative estimate of drug-likeness (QED) is 0.756. The van der Waals surface area contributed by atoms with E-state index >= 15 is 0 Å². The van der Waals surface area contributed by atoms with Crippen LogP contribution in [0.1, 0.15) is 63.1 Å². The Morgan fingerprint density at radius 3 is 2.48 bits per heavy atom. The molecule has 11 heteroatoms. The van der Waals surface area contributed by atoms with E-state index in [2.05, 4.69) is 10.1 Å². The number of alkyl halides is 3. The highest BCUT2D eigenvalue weighted by atomic mass is 35.5. The minimum absolute atomic E-state index is 0.0142. The molecule has 2 atom stereocenters. The summed E-state index contributed by atoms with van der Waals surface area (Å²) in [5.41, 5.74) is -2.56. The summed E-state index contributed by atoms with van der Waals surface area (Å²) >= 11 is 5.94. The van der Waals surface area contributed by atoms with Gasteiger partial charge in [-0.3, -0.25) is 9.48 Å². The number of halogens is 4. The molecule has 0 spiro atoms. The third-order valence-electron chi connectivity index (χ3n) is 6.44. The minimum atomic E-state index is -4.85. The van der Waals surface area contributed by atoms with Crippen LogP contribution in [-0.4, -0.2) is 48.0 Å². The van der Waals surface area contributed by atoms with E-state index in [-0.39, 0.29) is 31.0 Å². The van der Waals surface area contributed by atoms with Crippen molar-refractivity contribution in [3.05, 3.63) is 35.1 Å². The molecule has 1 amide bonds. The Hall–Kier alpha value is -2.07. The van der Waals surface area contributed by atoms with Crippen LogP contribution >= 0.6 is 11.6 Å². The number of carbonyl (C=O) groups excluding carboxylic acids is 1. The lowest BCUT2D eigenvalue weighted by Gasteiger charge is -2.38. The Balaban J connectivity index is 1.45. The molecule has 170 valence electrons. The lowest BCUT2D eigenvalue weighted by atomic mass is 9.85. The number of nitrogens with zero attached hydrogens (tertiary/aromatic N) is 5. The van der Waals surface area contributed by atoms with Crippen molar-refractivity contribution >= 4 is 17.5 Å². The first-order valence-electron chi connectivity index (χ1n) is 10.3. The number of carbonyl (C=O) groups is 1. The third-order valence-corrected chi connectivity index (χ3v) is 6.64. The van der Waals surface area contributed by atoms with Gasteiger partial charge in [0.2, 0.25) is 11.5 Å². The summed E-state index contributed by atoms with van der Waals surface area (Å²) in [5.74, 6) is -0.546. The van der Waals surface area contributed by atoms with Gasteiger partial charge in [-0.2, -0.15) is 18.3 Å². The van der Waals surface area contributed by atoms with Gasteiger partial charge in [0.1, 0.15) is 0 Å². The van der Waals surface area contributed by atoms with Crippen molar-refractivity contribution in [2.75, 3.05) is 6.54 Å². The zero-order valence-corrected chi connectivity index (χ0v) is 18.1. The van der Waals surface area contributed by atoms with Crippen molar-refractivity contribution in [1.82, 2.24) is 24.2 Å². The molecule has 0 radical (unpaired) electrons. The smallest absolute Gasteiger partial charge is 0.374 e. The van der Waals surface area contributed by atoms with Crippen molar-refractivity contribution in [2.45, 2.75) is 69.9 Å². The average molecular weight is 460 g/mol. The van der Waals surface area contributed by atoms with Crippen molar-refractivity contribution in [2.24, 2.45) is 5.92 Å². The summed E-state index contributed by atoms with van der Waals surface area (Å²) in [6.07, 6.45) is 2.93. The summed E-state index contributed by atoms with van der Waals surface area (Å²) in [6, 6.07) is -0.216. The highest BCUT2D eigenvalue weighted by molar-refractivity contribution is 6.30. The topological polar surface area (TPSA) is 76.2 Å². The van der Waals surface area contributed by atoms with Gasteiger partial charge >= 0.3 is 6.18 Å². The normalized spacial score (nSPS) is 26.4. The van der Waals surface area contributed by atoms with Gasteiger partial charge in [-0.25, -0.2) is 4.98 Å². The average Bonchev–Trinajstić information content (AvgIpc) is 3.33. The molecule has 1 fully saturated rings. The summed E-state index contributed by atoms with van der Waals surface area (Å²) in [4.78, 5) is 18.7. The fourth-order valence-corrected chi connectivity index (χ4v) is 4.82. The van der Waals surface area contributed by atoms with Crippen LogP contribution in [0.2, 0.25) is 5.02 Å². The van der Waals surface area contributed by atoms with Crippen molar-refractivity contribution in [1.29, 1.82) is 0 Å². The molecule has 2 aliphatic rings. The molecule has 0 aromatic carbocycles. The summed E-state index contributed by atoms with van der Waals surface area (Å²) in [5, 5.41) is 14.9. The molecule has 0 bridgehead atoms. The number of aromatic nitrogens is 4. The number of hydrogen-bond acceptors (Lipinski definition) is 4. The van der Waals surface area contributed by atoms with Gasteiger partial charge in [-0.15, -0.1) is 0 Å². The fraction of sp³-hybridized carbons (Fsp3) is 0.650. The molecule has 4 rings (SSSR count). The van der Waals surface area contributed by atoms with Gasteiger partial charge < -0.3 is 14.6 Å². The number of imidazole rings is 1. The highest BCUT2D eigenvalue weighted by Crippen LogP contribution is 2.40. The van der Waals surface area contributed by atoms with Gasteiger partial charge in [0.25, 0.3) is 0 Å². The number of rotatable bonds is 3. The maximum Gasteiger partial charge on any atom is 0.424 e. The van der Waals surface area contributed by atoms with Crippen LogP contribution in [0.15, 0.2) is 18.6 Å². The first-order chi connectivity index (χ1) is 14.5. The van der Waals surface area contributed by atoms with Crippen molar-refractivity contribution in [3.8, 4) is 0 Å². The van der Waals surface area contributed by atoms with E-state index in [0.29, 0.717) is 17.6 Å². The lowest BCUT2D eigenvalue weighted by Crippen LogP contribution is -2.47. The van der Waals surface area contributed by atoms with Gasteiger partial charge in [0, 0.05) is 18.7 Å². The fourth-order valence-electron chi connectivity index (χ4n) is 4.68. The van der Waals surface area contributed by atoms with Gasteiger partial charge in [0.15, 0.2) is 5.82 Å². The van der Waals surface area contributed by atoms with Gasteiger partial charge in [-0.05, 0) is 39.5 Å². The van der Waals surface area contributed by atoms with Gasteiger partial charge in [0.05, 0.1) is 41.7 Å². The zero-order valence-electron chi connectivity index (χ0n) is 17.3. The number of aliphatic hydroxyl groups is 1. The van der Waals surface area contributed by atoms with E-state index in [0.717, 1.165) is 25.7 Å².